The number of fused-ring (bicyclic) bond motifs is 2. The van der Waals surface area contributed by atoms with Gasteiger partial charge in [-0.15, -0.1) is 11.8 Å². The molecular formula is C23H18N4O4S2. The number of thioether (sulfide) groups is 2. The predicted molar refractivity (Wildman–Crippen MR) is 127 cm³/mol. The van der Waals surface area contributed by atoms with E-state index in [1.165, 1.54) is 0 Å². The molecule has 1 aliphatic heterocycles. The van der Waals surface area contributed by atoms with Crippen LogP contribution in [0.3, 0.4) is 0 Å². The quantitative estimate of drug-likeness (QED) is 0.174. The molecule has 0 saturated heterocycles. The van der Waals surface area contributed by atoms with Crippen LogP contribution in [0.2, 0.25) is 0 Å². The van der Waals surface area contributed by atoms with Gasteiger partial charge in [0.1, 0.15) is 10.7 Å². The average molecular weight is 479 g/mol. The first kappa shape index (κ1) is 21.5. The minimum Gasteiger partial charge on any atom is -0.294 e. The van der Waals surface area contributed by atoms with Crippen molar-refractivity contribution < 1.29 is 9.59 Å². The van der Waals surface area contributed by atoms with Crippen molar-refractivity contribution in [1.29, 1.82) is 0 Å². The van der Waals surface area contributed by atoms with Crippen molar-refractivity contribution in [3.05, 3.63) is 81.8 Å². The predicted octanol–water partition coefficient (Wildman–Crippen LogP) is 3.17. The van der Waals surface area contributed by atoms with Gasteiger partial charge in [-0.05, 0) is 48.1 Å². The Bertz CT molecular complexity index is 1500. The molecule has 33 heavy (non-hydrogen) atoms. The van der Waals surface area contributed by atoms with E-state index in [9.17, 15) is 19.2 Å². The van der Waals surface area contributed by atoms with E-state index < -0.39 is 22.3 Å². The summed E-state index contributed by atoms with van der Waals surface area (Å²) in [5, 5.41) is 0.408. The Morgan fingerprint density at radius 3 is 2.58 bits per heavy atom. The summed E-state index contributed by atoms with van der Waals surface area (Å²) in [5.41, 5.74) is 0.417. The zero-order valence-electron chi connectivity index (χ0n) is 17.3. The summed E-state index contributed by atoms with van der Waals surface area (Å²) in [6.45, 7) is 0.166. The van der Waals surface area contributed by atoms with E-state index in [1.807, 2.05) is 34.9 Å². The number of hydrogen-bond acceptors (Lipinski definition) is 7. The van der Waals surface area contributed by atoms with E-state index in [0.29, 0.717) is 23.7 Å². The summed E-state index contributed by atoms with van der Waals surface area (Å²) in [7, 11) is 0. The molecular weight excluding hydrogens is 460 g/mol. The lowest BCUT2D eigenvalue weighted by Gasteiger charge is -2.12. The van der Waals surface area contributed by atoms with Crippen molar-refractivity contribution in [3.8, 4) is 11.1 Å². The number of benzene rings is 1. The first-order chi connectivity index (χ1) is 16.1. The molecule has 0 N–H and O–H groups in total. The molecule has 0 aliphatic carbocycles. The molecule has 3 aromatic heterocycles. The van der Waals surface area contributed by atoms with Gasteiger partial charge in [0.05, 0.1) is 10.6 Å². The molecule has 10 heteroatoms. The Balaban J connectivity index is 1.38. The Kier molecular flexibility index (Phi) is 5.77. The average Bonchev–Trinajstić information content (AvgIpc) is 3.41. The van der Waals surface area contributed by atoms with Crippen LogP contribution in [0.4, 0.5) is 0 Å². The zero-order chi connectivity index (χ0) is 22.9. The summed E-state index contributed by atoms with van der Waals surface area (Å²) in [4.78, 5) is 54.9. The van der Waals surface area contributed by atoms with Crippen molar-refractivity contribution in [3.63, 3.8) is 0 Å². The topological polar surface area (TPSA) is 95.4 Å². The van der Waals surface area contributed by atoms with Gasteiger partial charge in [0.15, 0.2) is 0 Å². The van der Waals surface area contributed by atoms with Crippen molar-refractivity contribution in [1.82, 2.24) is 18.5 Å². The number of unbranched alkanes of at least 4 members (excludes halogenated alkanes) is 1. The fraction of sp³-hybridized carbons (Fsp3) is 0.174. The van der Waals surface area contributed by atoms with Crippen molar-refractivity contribution in [2.75, 3.05) is 5.75 Å². The van der Waals surface area contributed by atoms with Gasteiger partial charge < -0.3 is 0 Å². The van der Waals surface area contributed by atoms with Crippen LogP contribution in [-0.4, -0.2) is 35.3 Å². The highest BCUT2D eigenvalue weighted by Crippen LogP contribution is 2.32. The van der Waals surface area contributed by atoms with Crippen LogP contribution < -0.4 is 11.2 Å². The third-order valence-electron chi connectivity index (χ3n) is 5.34. The van der Waals surface area contributed by atoms with E-state index in [-0.39, 0.29) is 17.1 Å². The van der Waals surface area contributed by atoms with Crippen molar-refractivity contribution in [2.45, 2.75) is 29.4 Å². The van der Waals surface area contributed by atoms with Crippen LogP contribution in [0.1, 0.15) is 17.6 Å². The van der Waals surface area contributed by atoms with Gasteiger partial charge in [0.25, 0.3) is 10.7 Å². The van der Waals surface area contributed by atoms with Crippen molar-refractivity contribution >= 4 is 40.2 Å². The highest BCUT2D eigenvalue weighted by atomic mass is 32.2. The Hall–Kier alpha value is -3.37. The molecule has 4 aromatic rings. The first-order valence-corrected chi connectivity index (χ1v) is 12.1. The van der Waals surface area contributed by atoms with Crippen LogP contribution in [0.15, 0.2) is 80.6 Å². The SMILES string of the molecule is O=C1Sc2c(-c3ccccc3)c(=O)n(CCCCSc3cccc4nccn34)c(=O)n2C1=O. The largest absolute Gasteiger partial charge is 0.339 e. The molecule has 0 unspecified atom stereocenters. The number of carbonyl (C=O) groups excluding carboxylic acids is 2. The second-order valence-corrected chi connectivity index (χ2v) is 9.47. The Morgan fingerprint density at radius 2 is 1.76 bits per heavy atom. The van der Waals surface area contributed by atoms with Crippen LogP contribution in [-0.2, 0) is 11.3 Å². The second kappa shape index (κ2) is 8.87. The molecule has 0 fully saturated rings. The lowest BCUT2D eigenvalue weighted by molar-refractivity contribution is -0.107. The van der Waals surface area contributed by atoms with Crippen LogP contribution in [0.25, 0.3) is 16.8 Å². The minimum absolute atomic E-state index is 0.103. The third kappa shape index (κ3) is 3.85. The van der Waals surface area contributed by atoms with Crippen molar-refractivity contribution in [2.24, 2.45) is 0 Å². The highest BCUT2D eigenvalue weighted by molar-refractivity contribution is 8.16. The number of rotatable bonds is 7. The summed E-state index contributed by atoms with van der Waals surface area (Å²) in [5.74, 6) is -0.119. The maximum Gasteiger partial charge on any atom is 0.339 e. The van der Waals surface area contributed by atoms with Gasteiger partial charge in [0, 0.05) is 18.9 Å². The number of carbonyl (C=O) groups is 2. The van der Waals surface area contributed by atoms with Gasteiger partial charge >= 0.3 is 11.6 Å². The Morgan fingerprint density at radius 1 is 0.939 bits per heavy atom. The lowest BCUT2D eigenvalue weighted by atomic mass is 10.1. The number of aromatic nitrogens is 4. The number of nitrogens with zero attached hydrogens (tertiary/aromatic N) is 4. The maximum atomic E-state index is 13.3. The Labute approximate surface area is 196 Å². The van der Waals surface area contributed by atoms with E-state index in [4.69, 9.17) is 0 Å². The highest BCUT2D eigenvalue weighted by Gasteiger charge is 2.35. The summed E-state index contributed by atoms with van der Waals surface area (Å²) < 4.78 is 3.92. The molecule has 0 saturated carbocycles. The fourth-order valence-corrected chi connectivity index (χ4v) is 5.71. The maximum absolute atomic E-state index is 13.3. The number of imidazole rings is 1. The van der Waals surface area contributed by atoms with Gasteiger partial charge in [-0.2, -0.15) is 0 Å². The standard InChI is InChI=1S/C23H18N4O4S2/c28-19-18(15-7-2-1-3-8-15)21-27(20(29)22(30)33-21)23(31)26(19)12-4-5-14-32-17-10-6-9-16-24-11-13-25(16)17/h1-3,6-11,13H,4-5,12,14H2. The van der Waals surface area contributed by atoms with Crippen LogP contribution >= 0.6 is 23.5 Å². The van der Waals surface area contributed by atoms with Crippen LogP contribution in [0, 0.1) is 0 Å². The summed E-state index contributed by atoms with van der Waals surface area (Å²) in [6.07, 6.45) is 4.99. The van der Waals surface area contributed by atoms with E-state index in [1.54, 1.807) is 42.2 Å². The molecule has 0 bridgehead atoms. The van der Waals surface area contributed by atoms with E-state index in [0.717, 1.165) is 32.0 Å². The molecule has 0 atom stereocenters. The van der Waals surface area contributed by atoms with Gasteiger partial charge in [0.2, 0.25) is 0 Å². The summed E-state index contributed by atoms with van der Waals surface area (Å²) >= 11 is 2.31. The molecule has 0 radical (unpaired) electrons. The van der Waals surface area contributed by atoms with E-state index >= 15 is 0 Å². The molecule has 8 nitrogen and oxygen atoms in total. The molecule has 4 heterocycles. The zero-order valence-corrected chi connectivity index (χ0v) is 19.0. The fourth-order valence-electron chi connectivity index (χ4n) is 3.77. The third-order valence-corrected chi connectivity index (χ3v) is 7.41. The van der Waals surface area contributed by atoms with E-state index in [2.05, 4.69) is 4.98 Å². The normalized spacial score (nSPS) is 13.1. The smallest absolute Gasteiger partial charge is 0.294 e. The molecule has 1 aliphatic rings. The molecule has 166 valence electrons. The monoisotopic (exact) mass is 478 g/mol. The molecule has 5 rings (SSSR count). The van der Waals surface area contributed by atoms with Gasteiger partial charge in [-0.3, -0.25) is 23.4 Å². The minimum atomic E-state index is -0.907. The molecule has 1 aromatic carbocycles. The lowest BCUT2D eigenvalue weighted by Crippen LogP contribution is -2.42. The van der Waals surface area contributed by atoms with Crippen LogP contribution in [0.5, 0.6) is 0 Å². The second-order valence-electron chi connectivity index (χ2n) is 7.39. The van der Waals surface area contributed by atoms with Gasteiger partial charge in [-0.1, -0.05) is 36.4 Å². The molecule has 0 spiro atoms. The van der Waals surface area contributed by atoms with Gasteiger partial charge in [-0.25, -0.2) is 14.3 Å². The number of pyridine rings is 1. The molecule has 0 amide bonds. The number of hydrogen-bond donors (Lipinski definition) is 0. The first-order valence-electron chi connectivity index (χ1n) is 10.3. The summed E-state index contributed by atoms with van der Waals surface area (Å²) in [6, 6.07) is 14.7.